The first-order valence-electron chi connectivity index (χ1n) is 14.9. The molecule has 6 nitrogen and oxygen atoms in total. The van der Waals surface area contributed by atoms with Crippen LogP contribution in [0, 0.1) is 0 Å². The van der Waals surface area contributed by atoms with E-state index in [0.717, 1.165) is 83.7 Å². The van der Waals surface area contributed by atoms with Gasteiger partial charge in [-0.25, -0.2) is 0 Å². The van der Waals surface area contributed by atoms with Crippen LogP contribution in [0.3, 0.4) is 0 Å². The van der Waals surface area contributed by atoms with Crippen LogP contribution in [0.5, 0.6) is 0 Å². The van der Waals surface area contributed by atoms with Gasteiger partial charge in [0, 0.05) is 24.2 Å². The number of benzene rings is 2. The first-order chi connectivity index (χ1) is 20.6. The lowest BCUT2D eigenvalue weighted by molar-refractivity contribution is -0.137. The van der Waals surface area contributed by atoms with Crippen LogP contribution in [0.4, 0.5) is 13.2 Å². The molecule has 2 N–H and O–H groups in total. The predicted octanol–water partition coefficient (Wildman–Crippen LogP) is 7.13. The van der Waals surface area contributed by atoms with Crippen LogP contribution in [-0.2, 0) is 25.8 Å². The molecule has 0 bridgehead atoms. The van der Waals surface area contributed by atoms with Gasteiger partial charge in [0.05, 0.1) is 25.2 Å². The summed E-state index contributed by atoms with van der Waals surface area (Å²) in [5.41, 5.74) is 3.14. The number of thioether (sulfide) groups is 1. The minimum atomic E-state index is -4.34. The van der Waals surface area contributed by atoms with Crippen molar-refractivity contribution < 1.29 is 13.2 Å². The average Bonchev–Trinajstić information content (AvgIpc) is 3.34. The van der Waals surface area contributed by atoms with E-state index < -0.39 is 11.7 Å². The van der Waals surface area contributed by atoms with Gasteiger partial charge in [-0.05, 0) is 67.8 Å². The molecule has 0 saturated carbocycles. The smallest absolute Gasteiger partial charge is 0.313 e. The van der Waals surface area contributed by atoms with Gasteiger partial charge < -0.3 is 15.2 Å². The van der Waals surface area contributed by atoms with Gasteiger partial charge >= 0.3 is 6.18 Å². The Bertz CT molecular complexity index is 1290. The standard InChI is InChI=1S/C33H45F3N6S/c1-6-9-25(4)23-43-24-41(18-7-2)22-32-40-39-31(20-37-19-26(5)38-8-3)42(32)21-27-10-12-28(13-11-27)29-14-16-30(17-15-29)33(34,35)36/h6,9-17,26,37-38H,4,7-8,18-24H2,1-3,5H3. The Kier molecular flexibility index (Phi) is 14.0. The van der Waals surface area contributed by atoms with Crippen LogP contribution in [0.1, 0.15) is 56.9 Å². The quantitative estimate of drug-likeness (QED) is 0.117. The topological polar surface area (TPSA) is 58.0 Å². The molecular formula is C33H45F3N6S. The Balaban J connectivity index is 1.78. The molecule has 0 spiro atoms. The number of hydrogen-bond donors (Lipinski definition) is 2. The largest absolute Gasteiger partial charge is 0.416 e. The van der Waals surface area contributed by atoms with Crippen molar-refractivity contribution in [3.63, 3.8) is 0 Å². The summed E-state index contributed by atoms with van der Waals surface area (Å²) in [6, 6.07) is 13.6. The highest BCUT2D eigenvalue weighted by atomic mass is 32.2. The highest BCUT2D eigenvalue weighted by Crippen LogP contribution is 2.31. The van der Waals surface area contributed by atoms with Crippen LogP contribution >= 0.6 is 11.8 Å². The number of aromatic nitrogens is 3. The van der Waals surface area contributed by atoms with E-state index >= 15 is 0 Å². The lowest BCUT2D eigenvalue weighted by Gasteiger charge is -2.22. The second-order valence-corrected chi connectivity index (χ2v) is 11.6. The molecule has 234 valence electrons. The van der Waals surface area contributed by atoms with E-state index in [9.17, 15) is 13.2 Å². The molecule has 1 atom stereocenters. The fourth-order valence-corrected chi connectivity index (χ4v) is 5.68. The van der Waals surface area contributed by atoms with Gasteiger partial charge in [-0.15, -0.1) is 22.0 Å². The molecule has 2 aromatic carbocycles. The van der Waals surface area contributed by atoms with Crippen LogP contribution in [0.25, 0.3) is 11.1 Å². The molecule has 0 saturated heterocycles. The van der Waals surface area contributed by atoms with Crippen LogP contribution in [0.2, 0.25) is 0 Å². The molecule has 0 radical (unpaired) electrons. The third-order valence-electron chi connectivity index (χ3n) is 6.90. The lowest BCUT2D eigenvalue weighted by Crippen LogP contribution is -2.36. The first kappa shape index (κ1) is 34.6. The van der Waals surface area contributed by atoms with Gasteiger partial charge in [-0.3, -0.25) is 4.90 Å². The number of allylic oxidation sites excluding steroid dienone is 2. The molecule has 1 aromatic heterocycles. The van der Waals surface area contributed by atoms with Crippen molar-refractivity contribution in [1.82, 2.24) is 30.3 Å². The summed E-state index contributed by atoms with van der Waals surface area (Å²) in [5.74, 6) is 3.52. The second kappa shape index (κ2) is 17.4. The van der Waals surface area contributed by atoms with Crippen LogP contribution in [-0.4, -0.2) is 57.0 Å². The Labute approximate surface area is 258 Å². The van der Waals surface area contributed by atoms with Crippen molar-refractivity contribution >= 4 is 11.8 Å². The Morgan fingerprint density at radius 3 is 2.30 bits per heavy atom. The Hall–Kier alpha value is -2.92. The molecule has 0 aliphatic heterocycles. The third kappa shape index (κ3) is 11.3. The number of rotatable bonds is 18. The minimum Gasteiger partial charge on any atom is -0.313 e. The first-order valence-corrected chi connectivity index (χ1v) is 16.0. The van der Waals surface area contributed by atoms with Crippen molar-refractivity contribution in [1.29, 1.82) is 0 Å². The fraction of sp³-hybridized carbons (Fsp3) is 0.455. The maximum atomic E-state index is 13.0. The molecule has 43 heavy (non-hydrogen) atoms. The molecule has 1 heterocycles. The molecule has 0 aliphatic rings. The highest BCUT2D eigenvalue weighted by molar-refractivity contribution is 7.99. The summed E-state index contributed by atoms with van der Waals surface area (Å²) in [6.45, 7) is 17.1. The van der Waals surface area contributed by atoms with E-state index in [0.29, 0.717) is 25.7 Å². The monoisotopic (exact) mass is 614 g/mol. The van der Waals surface area contributed by atoms with Gasteiger partial charge in [0.2, 0.25) is 0 Å². The normalized spacial score (nSPS) is 12.8. The number of alkyl halides is 3. The van der Waals surface area contributed by atoms with Gasteiger partial charge in [0.15, 0.2) is 0 Å². The van der Waals surface area contributed by atoms with Crippen molar-refractivity contribution in [2.45, 2.75) is 66.0 Å². The molecule has 3 aromatic rings. The summed E-state index contributed by atoms with van der Waals surface area (Å²) >= 11 is 1.84. The molecule has 0 fully saturated rings. The van der Waals surface area contributed by atoms with Gasteiger partial charge in [0.25, 0.3) is 0 Å². The van der Waals surface area contributed by atoms with E-state index in [1.54, 1.807) is 0 Å². The number of likely N-dealkylation sites (N-methyl/N-ethyl adjacent to an activating group) is 1. The number of nitrogens with zero attached hydrogens (tertiary/aromatic N) is 4. The maximum Gasteiger partial charge on any atom is 0.416 e. The van der Waals surface area contributed by atoms with E-state index in [-0.39, 0.29) is 0 Å². The van der Waals surface area contributed by atoms with E-state index in [1.165, 1.54) is 12.1 Å². The molecule has 1 unspecified atom stereocenters. The van der Waals surface area contributed by atoms with E-state index in [1.807, 2.05) is 55.1 Å². The Morgan fingerprint density at radius 1 is 1.05 bits per heavy atom. The fourth-order valence-electron chi connectivity index (χ4n) is 4.76. The van der Waals surface area contributed by atoms with Gasteiger partial charge in [-0.2, -0.15) is 13.2 Å². The molecule has 0 amide bonds. The molecule has 0 aliphatic carbocycles. The lowest BCUT2D eigenvalue weighted by atomic mass is 10.0. The zero-order valence-electron chi connectivity index (χ0n) is 25.8. The minimum absolute atomic E-state index is 0.341. The summed E-state index contributed by atoms with van der Waals surface area (Å²) in [7, 11) is 0. The Morgan fingerprint density at radius 2 is 1.70 bits per heavy atom. The zero-order chi connectivity index (χ0) is 31.2. The van der Waals surface area contributed by atoms with Crippen molar-refractivity contribution in [2.75, 3.05) is 31.3 Å². The number of nitrogens with one attached hydrogen (secondary N) is 2. The predicted molar refractivity (Wildman–Crippen MR) is 173 cm³/mol. The zero-order valence-corrected chi connectivity index (χ0v) is 26.6. The number of halogens is 3. The molecular weight excluding hydrogens is 569 g/mol. The van der Waals surface area contributed by atoms with Gasteiger partial charge in [0.1, 0.15) is 11.6 Å². The molecule has 10 heteroatoms. The highest BCUT2D eigenvalue weighted by Gasteiger charge is 2.30. The van der Waals surface area contributed by atoms with Gasteiger partial charge in [-0.1, -0.05) is 69.0 Å². The van der Waals surface area contributed by atoms with E-state index in [2.05, 4.69) is 57.6 Å². The summed E-state index contributed by atoms with van der Waals surface area (Å²) < 4.78 is 41.1. The van der Waals surface area contributed by atoms with Crippen LogP contribution < -0.4 is 10.6 Å². The van der Waals surface area contributed by atoms with Crippen molar-refractivity contribution in [3.05, 3.63) is 95.6 Å². The van der Waals surface area contributed by atoms with Crippen LogP contribution in [0.15, 0.2) is 72.8 Å². The summed E-state index contributed by atoms with van der Waals surface area (Å²) in [5, 5.41) is 16.1. The number of hydrogen-bond acceptors (Lipinski definition) is 6. The van der Waals surface area contributed by atoms with Crippen molar-refractivity contribution in [3.8, 4) is 11.1 Å². The SMILES string of the molecule is C=C(C=CC)CSCN(CCC)Cc1nnc(CNCC(C)NCC)n1Cc1ccc(-c2ccc(C(F)(F)F)cc2)cc1. The average molecular weight is 615 g/mol. The third-order valence-corrected chi connectivity index (χ3v) is 8.02. The molecule has 3 rings (SSSR count). The van der Waals surface area contributed by atoms with E-state index in [4.69, 9.17) is 0 Å². The van der Waals surface area contributed by atoms with Crippen molar-refractivity contribution in [2.24, 2.45) is 0 Å². The summed E-state index contributed by atoms with van der Waals surface area (Å²) in [4.78, 5) is 2.40. The maximum absolute atomic E-state index is 13.0. The summed E-state index contributed by atoms with van der Waals surface area (Å²) in [6.07, 6.45) is 0.752. The second-order valence-electron chi connectivity index (χ2n) is 10.7.